The van der Waals surface area contributed by atoms with Gasteiger partial charge in [0.25, 0.3) is 0 Å². The number of halogens is 1. The van der Waals surface area contributed by atoms with E-state index >= 15 is 0 Å². The maximum atomic E-state index is 10.4. The van der Waals surface area contributed by atoms with Crippen molar-refractivity contribution in [2.24, 2.45) is 0 Å². The van der Waals surface area contributed by atoms with Gasteiger partial charge >= 0.3 is 5.97 Å². The highest BCUT2D eigenvalue weighted by molar-refractivity contribution is 5.75. The zero-order valence-corrected chi connectivity index (χ0v) is 6.89. The minimum Gasteiger partial charge on any atom is -1.00 e. The van der Waals surface area contributed by atoms with Crippen LogP contribution < -0.4 is 17.5 Å². The van der Waals surface area contributed by atoms with Gasteiger partial charge in [-0.1, -0.05) is 0 Å². The van der Waals surface area contributed by atoms with Crippen LogP contribution >= 0.6 is 0 Å². The molecule has 0 aliphatic rings. The molecule has 0 saturated carbocycles. The Hall–Kier alpha value is -0.770. The van der Waals surface area contributed by atoms with E-state index in [1.165, 1.54) is 0 Å². The van der Waals surface area contributed by atoms with Crippen LogP contribution in [-0.2, 0) is 14.3 Å². The average Bonchev–Trinajstić information content (AvgIpc) is 1.85. The Morgan fingerprint density at radius 3 is 2.27 bits per heavy atom. The number of rotatable bonds is 4. The lowest BCUT2D eigenvalue weighted by Gasteiger charge is -2.01. The number of carbonyl (C=O) groups is 2. The summed E-state index contributed by atoms with van der Waals surface area (Å²) < 4.78 is 4.46. The molecule has 0 aromatic heterocycles. The Morgan fingerprint density at radius 2 is 1.91 bits per heavy atom. The summed E-state index contributed by atoms with van der Waals surface area (Å²) in [5.74, 6) is -1.72. The summed E-state index contributed by atoms with van der Waals surface area (Å²) in [6.07, 6.45) is -0.366. The quantitative estimate of drug-likeness (QED) is 0.415. The minimum absolute atomic E-state index is 0. The van der Waals surface area contributed by atoms with E-state index in [9.17, 15) is 14.7 Å². The SMILES string of the molecule is CCOC(=O)CCC(=O)[O-].[Cl-]. The summed E-state index contributed by atoms with van der Waals surface area (Å²) in [4.78, 5) is 20.2. The van der Waals surface area contributed by atoms with Gasteiger partial charge in [0, 0.05) is 5.97 Å². The summed E-state index contributed by atoms with van der Waals surface area (Å²) in [6, 6.07) is 0. The average molecular weight is 181 g/mol. The largest absolute Gasteiger partial charge is 1.00 e. The molecule has 0 aliphatic carbocycles. The fourth-order valence-corrected chi connectivity index (χ4v) is 0.437. The van der Waals surface area contributed by atoms with E-state index in [2.05, 4.69) is 4.74 Å². The van der Waals surface area contributed by atoms with Gasteiger partial charge in [-0.2, -0.15) is 0 Å². The van der Waals surface area contributed by atoms with Gasteiger partial charge in [-0.25, -0.2) is 0 Å². The number of carboxylic acid groups (broad SMARTS) is 1. The van der Waals surface area contributed by atoms with E-state index in [0.717, 1.165) is 0 Å². The van der Waals surface area contributed by atoms with E-state index in [1.807, 2.05) is 0 Å². The molecular formula is C6H9ClO4-2. The molecule has 66 valence electrons. The second-order valence-electron chi connectivity index (χ2n) is 1.68. The van der Waals surface area contributed by atoms with Crippen LogP contribution in [-0.4, -0.2) is 18.5 Å². The van der Waals surface area contributed by atoms with E-state index in [4.69, 9.17) is 0 Å². The van der Waals surface area contributed by atoms with Gasteiger partial charge in [0.15, 0.2) is 0 Å². The lowest BCUT2D eigenvalue weighted by Crippen LogP contribution is -3.00. The number of ether oxygens (including phenoxy) is 1. The zero-order chi connectivity index (χ0) is 7.98. The van der Waals surface area contributed by atoms with Crippen LogP contribution in [0.5, 0.6) is 0 Å². The van der Waals surface area contributed by atoms with E-state index < -0.39 is 11.9 Å². The van der Waals surface area contributed by atoms with Gasteiger partial charge < -0.3 is 27.0 Å². The van der Waals surface area contributed by atoms with Crippen LogP contribution in [0.3, 0.4) is 0 Å². The van der Waals surface area contributed by atoms with Crippen molar-refractivity contribution in [2.45, 2.75) is 19.8 Å². The molecule has 0 saturated heterocycles. The maximum absolute atomic E-state index is 10.4. The van der Waals surface area contributed by atoms with Crippen molar-refractivity contribution < 1.29 is 31.8 Å². The van der Waals surface area contributed by atoms with Crippen molar-refractivity contribution in [3.63, 3.8) is 0 Å². The van der Waals surface area contributed by atoms with Crippen LogP contribution in [0.4, 0.5) is 0 Å². The van der Waals surface area contributed by atoms with Gasteiger partial charge in [-0.15, -0.1) is 0 Å². The molecule has 0 rings (SSSR count). The predicted octanol–water partition coefficient (Wildman–Crippen LogP) is -3.92. The zero-order valence-electron chi connectivity index (χ0n) is 6.13. The van der Waals surface area contributed by atoms with E-state index in [0.29, 0.717) is 0 Å². The lowest BCUT2D eigenvalue weighted by molar-refractivity contribution is -0.305. The fourth-order valence-electron chi connectivity index (χ4n) is 0.437. The molecule has 0 radical (unpaired) electrons. The third-order valence-corrected chi connectivity index (χ3v) is 0.839. The fraction of sp³-hybridized carbons (Fsp3) is 0.667. The normalized spacial score (nSPS) is 8.09. The van der Waals surface area contributed by atoms with Gasteiger partial charge in [0.2, 0.25) is 0 Å². The number of carbonyl (C=O) groups excluding carboxylic acids is 2. The Morgan fingerprint density at radius 1 is 1.36 bits per heavy atom. The Bertz CT molecular complexity index is 135. The van der Waals surface area contributed by atoms with Gasteiger partial charge in [0.1, 0.15) is 0 Å². The van der Waals surface area contributed by atoms with Crippen LogP contribution in [0.25, 0.3) is 0 Å². The summed E-state index contributed by atoms with van der Waals surface area (Å²) >= 11 is 0. The number of hydrogen-bond acceptors (Lipinski definition) is 4. The highest BCUT2D eigenvalue weighted by Gasteiger charge is 1.99. The van der Waals surface area contributed by atoms with Crippen LogP contribution in [0.1, 0.15) is 19.8 Å². The Kier molecular flexibility index (Phi) is 8.58. The summed E-state index contributed by atoms with van der Waals surface area (Å²) in [5.41, 5.74) is 0. The molecule has 0 unspecified atom stereocenters. The number of aliphatic carboxylic acids is 1. The van der Waals surface area contributed by atoms with Crippen molar-refractivity contribution in [2.75, 3.05) is 6.61 Å². The first kappa shape index (κ1) is 12.9. The molecule has 0 aliphatic heterocycles. The van der Waals surface area contributed by atoms with E-state index in [1.54, 1.807) is 6.92 Å². The van der Waals surface area contributed by atoms with Crippen molar-refractivity contribution in [1.82, 2.24) is 0 Å². The minimum atomic E-state index is -1.23. The first-order chi connectivity index (χ1) is 4.66. The topological polar surface area (TPSA) is 66.4 Å². The molecule has 0 aromatic carbocycles. The van der Waals surface area contributed by atoms with E-state index in [-0.39, 0.29) is 31.9 Å². The van der Waals surface area contributed by atoms with Crippen molar-refractivity contribution in [3.8, 4) is 0 Å². The molecule has 0 amide bonds. The third-order valence-electron chi connectivity index (χ3n) is 0.839. The maximum Gasteiger partial charge on any atom is 0.306 e. The molecule has 0 N–H and O–H groups in total. The number of esters is 1. The molecule has 5 heteroatoms. The van der Waals surface area contributed by atoms with Crippen LogP contribution in [0, 0.1) is 0 Å². The van der Waals surface area contributed by atoms with Crippen molar-refractivity contribution >= 4 is 11.9 Å². The van der Waals surface area contributed by atoms with Crippen LogP contribution in [0.2, 0.25) is 0 Å². The molecule has 11 heavy (non-hydrogen) atoms. The van der Waals surface area contributed by atoms with Crippen molar-refractivity contribution in [3.05, 3.63) is 0 Å². The van der Waals surface area contributed by atoms with Gasteiger partial charge in [-0.3, -0.25) is 4.79 Å². The Labute approximate surface area is 70.9 Å². The molecule has 0 spiro atoms. The van der Waals surface area contributed by atoms with Gasteiger partial charge in [-0.05, 0) is 13.3 Å². The second-order valence-corrected chi connectivity index (χ2v) is 1.68. The molecule has 0 atom stereocenters. The smallest absolute Gasteiger partial charge is 0.306 e. The predicted molar refractivity (Wildman–Crippen MR) is 30.9 cm³/mol. The number of carboxylic acids is 1. The monoisotopic (exact) mass is 180 g/mol. The molecule has 4 nitrogen and oxygen atoms in total. The first-order valence-electron chi connectivity index (χ1n) is 3.02. The molecule has 0 bridgehead atoms. The summed E-state index contributed by atoms with van der Waals surface area (Å²) in [6.45, 7) is 1.95. The standard InChI is InChI=1S/C6H10O4.ClH/c1-2-10-6(9)4-3-5(7)8;/h2-4H2,1H3,(H,7,8);1H/p-2. The second kappa shape index (κ2) is 7.34. The van der Waals surface area contributed by atoms with Crippen LogP contribution in [0.15, 0.2) is 0 Å². The molecular weight excluding hydrogens is 172 g/mol. The van der Waals surface area contributed by atoms with Gasteiger partial charge in [0.05, 0.1) is 13.0 Å². The summed E-state index contributed by atoms with van der Waals surface area (Å²) in [7, 11) is 0. The molecule has 0 aromatic rings. The first-order valence-corrected chi connectivity index (χ1v) is 3.02. The highest BCUT2D eigenvalue weighted by atomic mass is 35.5. The Balaban J connectivity index is 0. The lowest BCUT2D eigenvalue weighted by atomic mass is 10.3. The highest BCUT2D eigenvalue weighted by Crippen LogP contribution is 1.90. The number of hydrogen-bond donors (Lipinski definition) is 0. The molecule has 0 heterocycles. The molecule has 0 fully saturated rings. The third kappa shape index (κ3) is 9.23. The van der Waals surface area contributed by atoms with Crippen molar-refractivity contribution in [1.29, 1.82) is 0 Å². The summed E-state index contributed by atoms with van der Waals surface area (Å²) in [5, 5.41) is 9.79.